The fraction of sp³-hybridized carbons (Fsp3) is 0.308. The highest BCUT2D eigenvalue weighted by atomic mass is 79.9. The van der Waals surface area contributed by atoms with Crippen LogP contribution < -0.4 is 5.73 Å². The Labute approximate surface area is 104 Å². The number of hydrogen-bond donors (Lipinski definition) is 1. The molecule has 1 aromatic heterocycles. The number of nitrogens with two attached hydrogens (primary N) is 1. The Hall–Kier alpha value is -1.09. The molecule has 0 saturated heterocycles. The highest BCUT2D eigenvalue weighted by Crippen LogP contribution is 2.28. The number of hydrogen-bond acceptors (Lipinski definition) is 2. The van der Waals surface area contributed by atoms with Gasteiger partial charge in [-0.15, -0.1) is 0 Å². The van der Waals surface area contributed by atoms with Crippen molar-refractivity contribution in [1.82, 2.24) is 4.98 Å². The summed E-state index contributed by atoms with van der Waals surface area (Å²) in [6.45, 7) is 6.31. The third-order valence-electron chi connectivity index (χ3n) is 2.76. The Morgan fingerprint density at radius 2 is 1.94 bits per heavy atom. The topological polar surface area (TPSA) is 38.9 Å². The Morgan fingerprint density at radius 3 is 2.56 bits per heavy atom. The lowest BCUT2D eigenvalue weighted by Gasteiger charge is -2.11. The van der Waals surface area contributed by atoms with Gasteiger partial charge in [0.1, 0.15) is 5.82 Å². The van der Waals surface area contributed by atoms with Crippen LogP contribution in [0.2, 0.25) is 0 Å². The van der Waals surface area contributed by atoms with Crippen LogP contribution in [0.3, 0.4) is 0 Å². The van der Waals surface area contributed by atoms with E-state index in [0.29, 0.717) is 11.7 Å². The molecule has 16 heavy (non-hydrogen) atoms. The monoisotopic (exact) mass is 278 g/mol. The predicted octanol–water partition coefficient (Wildman–Crippen LogP) is 4.01. The Balaban J connectivity index is 2.79. The highest BCUT2D eigenvalue weighted by Gasteiger charge is 2.09. The number of rotatable bonds is 1. The van der Waals surface area contributed by atoms with E-state index in [0.717, 1.165) is 26.5 Å². The van der Waals surface area contributed by atoms with Crippen molar-refractivity contribution in [3.05, 3.63) is 33.8 Å². The molecule has 0 aliphatic carbocycles. The van der Waals surface area contributed by atoms with Gasteiger partial charge in [0.05, 0.1) is 5.52 Å². The average molecular weight is 279 g/mol. The maximum atomic E-state index is 5.97. The van der Waals surface area contributed by atoms with Crippen LogP contribution in [0.25, 0.3) is 10.9 Å². The van der Waals surface area contributed by atoms with Gasteiger partial charge in [0.15, 0.2) is 0 Å². The van der Waals surface area contributed by atoms with Crippen molar-refractivity contribution in [3.63, 3.8) is 0 Å². The van der Waals surface area contributed by atoms with Gasteiger partial charge in [-0.1, -0.05) is 29.8 Å². The lowest BCUT2D eigenvalue weighted by atomic mass is 10.0. The molecule has 2 rings (SSSR count). The molecule has 84 valence electrons. The molecule has 0 spiro atoms. The summed E-state index contributed by atoms with van der Waals surface area (Å²) in [5.41, 5.74) is 9.22. The molecule has 0 unspecified atom stereocenters. The molecular formula is C13H15BrN2. The molecule has 2 N–H and O–H groups in total. The molecule has 2 nitrogen and oxygen atoms in total. The molecule has 0 aliphatic heterocycles. The van der Waals surface area contributed by atoms with Crippen LogP contribution >= 0.6 is 15.9 Å². The van der Waals surface area contributed by atoms with Crippen molar-refractivity contribution >= 4 is 32.7 Å². The van der Waals surface area contributed by atoms with E-state index in [9.17, 15) is 0 Å². The first kappa shape index (κ1) is 11.4. The van der Waals surface area contributed by atoms with Gasteiger partial charge in [-0.25, -0.2) is 4.98 Å². The quantitative estimate of drug-likeness (QED) is 0.856. The summed E-state index contributed by atoms with van der Waals surface area (Å²) >= 11 is 3.50. The third-order valence-corrected chi connectivity index (χ3v) is 3.21. The maximum Gasteiger partial charge on any atom is 0.127 e. The Kier molecular flexibility index (Phi) is 2.89. The molecule has 0 aliphatic rings. The summed E-state index contributed by atoms with van der Waals surface area (Å²) in [5, 5.41) is 1.14. The lowest BCUT2D eigenvalue weighted by Crippen LogP contribution is -2.00. The predicted molar refractivity (Wildman–Crippen MR) is 72.7 cm³/mol. The van der Waals surface area contributed by atoms with Gasteiger partial charge in [0.2, 0.25) is 0 Å². The van der Waals surface area contributed by atoms with E-state index in [2.05, 4.69) is 59.9 Å². The number of anilines is 1. The van der Waals surface area contributed by atoms with Gasteiger partial charge in [-0.05, 0) is 42.2 Å². The van der Waals surface area contributed by atoms with Crippen LogP contribution in [0.15, 0.2) is 22.7 Å². The molecule has 3 heteroatoms. The molecule has 2 aromatic rings. The van der Waals surface area contributed by atoms with Crippen LogP contribution in [0.4, 0.5) is 5.82 Å². The van der Waals surface area contributed by atoms with Gasteiger partial charge >= 0.3 is 0 Å². The normalized spacial score (nSPS) is 11.3. The van der Waals surface area contributed by atoms with Gasteiger partial charge in [0, 0.05) is 9.86 Å². The molecule has 0 amide bonds. The maximum absolute atomic E-state index is 5.97. The number of nitrogen functional groups attached to an aromatic ring is 1. The number of fused-ring (bicyclic) bond motifs is 1. The number of halogens is 1. The fourth-order valence-electron chi connectivity index (χ4n) is 1.91. The van der Waals surface area contributed by atoms with Gasteiger partial charge in [-0.2, -0.15) is 0 Å². The second-order valence-electron chi connectivity index (χ2n) is 4.41. The summed E-state index contributed by atoms with van der Waals surface area (Å²) in [6.07, 6.45) is 0. The van der Waals surface area contributed by atoms with Crippen molar-refractivity contribution in [3.8, 4) is 0 Å². The first-order valence-corrected chi connectivity index (χ1v) is 6.14. The van der Waals surface area contributed by atoms with E-state index >= 15 is 0 Å². The standard InChI is InChI=1S/C13H15BrN2/c1-7(2)11-6-9-5-10(14)4-8(3)12(9)16-13(11)15/h4-7H,1-3H3,(H2,15,16). The van der Waals surface area contributed by atoms with Crippen LogP contribution in [-0.4, -0.2) is 4.98 Å². The highest BCUT2D eigenvalue weighted by molar-refractivity contribution is 9.10. The van der Waals surface area contributed by atoms with Crippen LogP contribution in [-0.2, 0) is 0 Å². The van der Waals surface area contributed by atoms with Crippen LogP contribution in [0.5, 0.6) is 0 Å². The van der Waals surface area contributed by atoms with Crippen molar-refractivity contribution in [2.24, 2.45) is 0 Å². The summed E-state index contributed by atoms with van der Waals surface area (Å²) in [6, 6.07) is 6.28. The molecular weight excluding hydrogens is 264 g/mol. The zero-order chi connectivity index (χ0) is 11.9. The molecule has 1 heterocycles. The van der Waals surface area contributed by atoms with E-state index in [-0.39, 0.29) is 0 Å². The molecule has 0 atom stereocenters. The van der Waals surface area contributed by atoms with Gasteiger partial charge < -0.3 is 5.73 Å². The summed E-state index contributed by atoms with van der Waals surface area (Å²) < 4.78 is 1.08. The lowest BCUT2D eigenvalue weighted by molar-refractivity contribution is 0.866. The van der Waals surface area contributed by atoms with Crippen molar-refractivity contribution in [2.45, 2.75) is 26.7 Å². The number of nitrogens with zero attached hydrogens (tertiary/aromatic N) is 1. The second-order valence-corrected chi connectivity index (χ2v) is 5.33. The van der Waals surface area contributed by atoms with Crippen molar-refractivity contribution in [2.75, 3.05) is 5.73 Å². The molecule has 1 aromatic carbocycles. The third kappa shape index (κ3) is 1.92. The second kappa shape index (κ2) is 4.06. The number of aromatic nitrogens is 1. The van der Waals surface area contributed by atoms with E-state index in [4.69, 9.17) is 5.73 Å². The number of aryl methyl sites for hydroxylation is 1. The largest absolute Gasteiger partial charge is 0.383 e. The van der Waals surface area contributed by atoms with Crippen LogP contribution in [0.1, 0.15) is 30.9 Å². The van der Waals surface area contributed by atoms with Crippen molar-refractivity contribution < 1.29 is 0 Å². The van der Waals surface area contributed by atoms with Gasteiger partial charge in [-0.3, -0.25) is 0 Å². The minimum Gasteiger partial charge on any atom is -0.383 e. The Bertz CT molecular complexity index is 547. The van der Waals surface area contributed by atoms with E-state index in [1.807, 2.05) is 0 Å². The average Bonchev–Trinajstić information content (AvgIpc) is 2.18. The van der Waals surface area contributed by atoms with Crippen LogP contribution in [0, 0.1) is 6.92 Å². The molecule has 0 fully saturated rings. The number of pyridine rings is 1. The minimum atomic E-state index is 0.399. The minimum absolute atomic E-state index is 0.399. The molecule has 0 saturated carbocycles. The van der Waals surface area contributed by atoms with E-state index in [1.54, 1.807) is 0 Å². The summed E-state index contributed by atoms with van der Waals surface area (Å²) in [4.78, 5) is 4.49. The molecule has 0 bridgehead atoms. The Morgan fingerprint density at radius 1 is 1.25 bits per heavy atom. The SMILES string of the molecule is Cc1cc(Br)cc2cc(C(C)C)c(N)nc12. The van der Waals surface area contributed by atoms with E-state index < -0.39 is 0 Å². The van der Waals surface area contributed by atoms with E-state index in [1.165, 1.54) is 0 Å². The summed E-state index contributed by atoms with van der Waals surface area (Å²) in [5.74, 6) is 1.05. The first-order chi connectivity index (χ1) is 7.49. The number of benzene rings is 1. The zero-order valence-electron chi connectivity index (χ0n) is 9.71. The zero-order valence-corrected chi connectivity index (χ0v) is 11.3. The van der Waals surface area contributed by atoms with Gasteiger partial charge in [0.25, 0.3) is 0 Å². The smallest absolute Gasteiger partial charge is 0.127 e. The fourth-order valence-corrected chi connectivity index (χ4v) is 2.50. The molecule has 0 radical (unpaired) electrons. The summed E-state index contributed by atoms with van der Waals surface area (Å²) in [7, 11) is 0. The van der Waals surface area contributed by atoms with Crippen molar-refractivity contribution in [1.29, 1.82) is 0 Å². The first-order valence-electron chi connectivity index (χ1n) is 5.35.